The lowest BCUT2D eigenvalue weighted by Gasteiger charge is -2.17. The lowest BCUT2D eigenvalue weighted by atomic mass is 9.95. The van der Waals surface area contributed by atoms with Crippen molar-refractivity contribution in [1.29, 1.82) is 0 Å². The van der Waals surface area contributed by atoms with Crippen molar-refractivity contribution in [2.24, 2.45) is 0 Å². The molecule has 0 aromatic heterocycles. The van der Waals surface area contributed by atoms with Crippen LogP contribution in [0.2, 0.25) is 15.1 Å². The number of sulfonamides is 1. The molecule has 0 saturated heterocycles. The van der Waals surface area contributed by atoms with Gasteiger partial charge in [0.2, 0.25) is 5.91 Å². The topological polar surface area (TPSA) is 63.2 Å². The Morgan fingerprint density at radius 3 is 2.08 bits per heavy atom. The zero-order chi connectivity index (χ0) is 17.5. The van der Waals surface area contributed by atoms with Gasteiger partial charge in [-0.3, -0.25) is 4.79 Å². The molecule has 0 heterocycles. The van der Waals surface area contributed by atoms with Crippen LogP contribution in [0.1, 0.15) is 18.4 Å². The number of hydrogen-bond donors (Lipinski definition) is 1. The summed E-state index contributed by atoms with van der Waals surface area (Å²) in [6.45, 7) is 0. The lowest BCUT2D eigenvalue weighted by Crippen LogP contribution is -2.39. The molecule has 0 spiro atoms. The number of carbonyl (C=O) groups excluding carboxylic acids is 1. The van der Waals surface area contributed by atoms with E-state index in [2.05, 4.69) is 4.72 Å². The quantitative estimate of drug-likeness (QED) is 0.831. The van der Waals surface area contributed by atoms with Crippen LogP contribution in [0.25, 0.3) is 0 Å². The molecule has 1 fully saturated rings. The van der Waals surface area contributed by atoms with E-state index in [9.17, 15) is 13.2 Å². The summed E-state index contributed by atoms with van der Waals surface area (Å²) in [6, 6.07) is 10.4. The van der Waals surface area contributed by atoms with Crippen LogP contribution >= 0.6 is 34.8 Å². The fourth-order valence-electron chi connectivity index (χ4n) is 2.51. The third-order valence-corrected chi connectivity index (χ3v) is 6.13. The van der Waals surface area contributed by atoms with E-state index in [1.165, 1.54) is 24.3 Å². The second-order valence-corrected chi connectivity index (χ2v) is 8.56. The van der Waals surface area contributed by atoms with Crippen LogP contribution < -0.4 is 4.72 Å². The average Bonchev–Trinajstić information content (AvgIpc) is 3.29. The molecule has 2 aromatic rings. The molecule has 1 amide bonds. The largest absolute Gasteiger partial charge is 0.273 e. The molecular weight excluding hydrogens is 393 g/mol. The third kappa shape index (κ3) is 3.26. The highest BCUT2D eigenvalue weighted by Gasteiger charge is 2.53. The van der Waals surface area contributed by atoms with Gasteiger partial charge in [0.15, 0.2) is 0 Å². The molecule has 0 radical (unpaired) electrons. The van der Waals surface area contributed by atoms with Gasteiger partial charge in [-0.2, -0.15) is 0 Å². The normalized spacial score (nSPS) is 15.8. The standard InChI is InChI=1S/C16H12Cl3NO3S/c17-10-1-4-12(5-2-10)24(22,23)20-15(21)16(7-8-16)13-6-3-11(18)9-14(13)19/h1-6,9H,7-8H2,(H,20,21). The first-order chi connectivity index (χ1) is 11.2. The zero-order valence-electron chi connectivity index (χ0n) is 12.2. The summed E-state index contributed by atoms with van der Waals surface area (Å²) in [5.74, 6) is -0.596. The smallest absolute Gasteiger partial charge is 0.264 e. The van der Waals surface area contributed by atoms with Crippen molar-refractivity contribution >= 4 is 50.7 Å². The van der Waals surface area contributed by atoms with Gasteiger partial charge in [-0.15, -0.1) is 0 Å². The van der Waals surface area contributed by atoms with Crippen LogP contribution in [-0.4, -0.2) is 14.3 Å². The van der Waals surface area contributed by atoms with Crippen molar-refractivity contribution in [2.45, 2.75) is 23.2 Å². The monoisotopic (exact) mass is 403 g/mol. The molecule has 1 aliphatic rings. The molecule has 4 nitrogen and oxygen atoms in total. The van der Waals surface area contributed by atoms with E-state index in [1.54, 1.807) is 18.2 Å². The molecule has 0 atom stereocenters. The van der Waals surface area contributed by atoms with E-state index < -0.39 is 21.3 Å². The Morgan fingerprint density at radius 1 is 0.958 bits per heavy atom. The first-order valence-electron chi connectivity index (χ1n) is 7.03. The van der Waals surface area contributed by atoms with Crippen molar-refractivity contribution in [3.8, 4) is 0 Å². The van der Waals surface area contributed by atoms with Gasteiger partial charge in [0, 0.05) is 15.1 Å². The first kappa shape index (κ1) is 17.5. The van der Waals surface area contributed by atoms with Gasteiger partial charge in [-0.05, 0) is 54.8 Å². The van der Waals surface area contributed by atoms with Crippen LogP contribution in [0.5, 0.6) is 0 Å². The second-order valence-electron chi connectivity index (χ2n) is 5.59. The Labute approximate surface area is 154 Å². The van der Waals surface area contributed by atoms with Crippen LogP contribution in [0.3, 0.4) is 0 Å². The van der Waals surface area contributed by atoms with Crippen LogP contribution in [0.15, 0.2) is 47.4 Å². The van der Waals surface area contributed by atoms with Gasteiger partial charge in [0.25, 0.3) is 10.0 Å². The summed E-state index contributed by atoms with van der Waals surface area (Å²) < 4.78 is 26.9. The average molecular weight is 405 g/mol. The predicted molar refractivity (Wildman–Crippen MR) is 94.2 cm³/mol. The predicted octanol–water partition coefficient (Wildman–Crippen LogP) is 4.18. The number of carbonyl (C=O) groups is 1. The zero-order valence-corrected chi connectivity index (χ0v) is 15.3. The maximum atomic E-state index is 12.6. The van der Waals surface area contributed by atoms with Gasteiger partial charge in [0.05, 0.1) is 10.3 Å². The maximum absolute atomic E-state index is 12.6. The fourth-order valence-corrected chi connectivity index (χ4v) is 4.28. The van der Waals surface area contributed by atoms with E-state index >= 15 is 0 Å². The van der Waals surface area contributed by atoms with E-state index in [0.717, 1.165) is 0 Å². The molecule has 2 aromatic carbocycles. The molecule has 24 heavy (non-hydrogen) atoms. The SMILES string of the molecule is O=C(NS(=O)(=O)c1ccc(Cl)cc1)C1(c2ccc(Cl)cc2Cl)CC1. The summed E-state index contributed by atoms with van der Waals surface area (Å²) in [5.41, 5.74) is -0.348. The van der Waals surface area contributed by atoms with Crippen LogP contribution in [0.4, 0.5) is 0 Å². The minimum absolute atomic E-state index is 0.0294. The summed E-state index contributed by atoms with van der Waals surface area (Å²) in [5, 5.41) is 1.21. The molecule has 0 aliphatic heterocycles. The highest BCUT2D eigenvalue weighted by Crippen LogP contribution is 2.51. The first-order valence-corrected chi connectivity index (χ1v) is 9.65. The number of halogens is 3. The van der Waals surface area contributed by atoms with E-state index in [-0.39, 0.29) is 4.90 Å². The molecule has 1 saturated carbocycles. The van der Waals surface area contributed by atoms with E-state index in [4.69, 9.17) is 34.8 Å². The minimum atomic E-state index is -3.98. The van der Waals surface area contributed by atoms with Crippen LogP contribution in [0, 0.1) is 0 Å². The molecular formula is C16H12Cl3NO3S. The Kier molecular flexibility index (Phi) is 4.55. The Bertz CT molecular complexity index is 907. The van der Waals surface area contributed by atoms with Gasteiger partial charge >= 0.3 is 0 Å². The van der Waals surface area contributed by atoms with Crippen molar-refractivity contribution in [3.63, 3.8) is 0 Å². The second kappa shape index (κ2) is 6.23. The summed E-state index contributed by atoms with van der Waals surface area (Å²) in [4.78, 5) is 12.6. The molecule has 1 N–H and O–H groups in total. The van der Waals surface area contributed by atoms with Crippen molar-refractivity contribution in [2.75, 3.05) is 0 Å². The molecule has 0 unspecified atom stereocenters. The van der Waals surface area contributed by atoms with Crippen molar-refractivity contribution in [3.05, 3.63) is 63.1 Å². The summed E-state index contributed by atoms with van der Waals surface area (Å²) >= 11 is 17.8. The van der Waals surface area contributed by atoms with Crippen LogP contribution in [-0.2, 0) is 20.2 Å². The molecule has 3 rings (SSSR count). The third-order valence-electron chi connectivity index (χ3n) is 3.98. The molecule has 8 heteroatoms. The van der Waals surface area contributed by atoms with E-state index in [0.29, 0.717) is 33.5 Å². The highest BCUT2D eigenvalue weighted by molar-refractivity contribution is 7.90. The summed E-state index contributed by atoms with van der Waals surface area (Å²) in [6.07, 6.45) is 1.05. The number of nitrogens with one attached hydrogen (secondary N) is 1. The summed E-state index contributed by atoms with van der Waals surface area (Å²) in [7, 11) is -3.98. The molecule has 0 bridgehead atoms. The molecule has 126 valence electrons. The minimum Gasteiger partial charge on any atom is -0.273 e. The Balaban J connectivity index is 1.88. The van der Waals surface area contributed by atoms with Gasteiger partial charge in [-0.1, -0.05) is 40.9 Å². The van der Waals surface area contributed by atoms with Gasteiger partial charge in [0.1, 0.15) is 0 Å². The number of amides is 1. The lowest BCUT2D eigenvalue weighted by molar-refractivity contribution is -0.121. The highest BCUT2D eigenvalue weighted by atomic mass is 35.5. The van der Waals surface area contributed by atoms with Gasteiger partial charge < -0.3 is 0 Å². The molecule has 1 aliphatic carbocycles. The number of hydrogen-bond acceptors (Lipinski definition) is 3. The Morgan fingerprint density at radius 2 is 1.54 bits per heavy atom. The number of benzene rings is 2. The maximum Gasteiger partial charge on any atom is 0.264 e. The van der Waals surface area contributed by atoms with Crippen molar-refractivity contribution in [1.82, 2.24) is 4.72 Å². The fraction of sp³-hybridized carbons (Fsp3) is 0.188. The van der Waals surface area contributed by atoms with Crippen molar-refractivity contribution < 1.29 is 13.2 Å². The van der Waals surface area contributed by atoms with E-state index in [1.807, 2.05) is 0 Å². The number of rotatable bonds is 4. The Hall–Kier alpha value is -1.27. The van der Waals surface area contributed by atoms with Gasteiger partial charge in [-0.25, -0.2) is 13.1 Å².